The summed E-state index contributed by atoms with van der Waals surface area (Å²) in [6.45, 7) is 14.8. The van der Waals surface area contributed by atoms with Gasteiger partial charge in [0.25, 0.3) is 0 Å². The number of hydrogen-bond donors (Lipinski definition) is 0. The van der Waals surface area contributed by atoms with E-state index in [1.54, 1.807) is 7.11 Å². The molecule has 152 valence electrons. The van der Waals surface area contributed by atoms with E-state index in [2.05, 4.69) is 48.5 Å². The van der Waals surface area contributed by atoms with Gasteiger partial charge in [-0.1, -0.05) is 78.8 Å². The molecule has 0 radical (unpaired) electrons. The molecule has 0 amide bonds. The van der Waals surface area contributed by atoms with Crippen LogP contribution in [0, 0.1) is 0 Å². The summed E-state index contributed by atoms with van der Waals surface area (Å²) >= 11 is 0. The number of ether oxygens (including phenoxy) is 2. The van der Waals surface area contributed by atoms with Gasteiger partial charge in [0.05, 0.1) is 13.5 Å². The minimum Gasteiger partial charge on any atom is -0.497 e. The second-order valence-corrected chi connectivity index (χ2v) is 9.54. The molecular weight excluding hydrogens is 348 g/mol. The van der Waals surface area contributed by atoms with Gasteiger partial charge >= 0.3 is 5.97 Å². The Hall–Kier alpha value is -2.29. The molecule has 0 saturated heterocycles. The molecule has 3 heteroatoms. The van der Waals surface area contributed by atoms with E-state index in [1.165, 1.54) is 0 Å². The quantitative estimate of drug-likeness (QED) is 0.444. The molecule has 0 fully saturated rings. The highest BCUT2D eigenvalue weighted by atomic mass is 16.5. The Morgan fingerprint density at radius 1 is 0.929 bits per heavy atom. The molecule has 0 aromatic heterocycles. The number of benzene rings is 2. The Balaban J connectivity index is 2.41. The van der Waals surface area contributed by atoms with Crippen LogP contribution in [0.2, 0.25) is 0 Å². The van der Waals surface area contributed by atoms with E-state index in [0.717, 1.165) is 22.4 Å². The molecule has 0 N–H and O–H groups in total. The molecule has 0 saturated carbocycles. The minimum atomic E-state index is -0.211. The highest BCUT2D eigenvalue weighted by Crippen LogP contribution is 2.42. The third-order valence-electron chi connectivity index (χ3n) is 4.97. The van der Waals surface area contributed by atoms with Crippen LogP contribution in [0.15, 0.2) is 42.5 Å². The molecule has 2 rings (SSSR count). The Kier molecular flexibility index (Phi) is 6.59. The molecule has 2 aromatic carbocycles. The van der Waals surface area contributed by atoms with Gasteiger partial charge in [-0.15, -0.1) is 0 Å². The van der Waals surface area contributed by atoms with E-state index in [-0.39, 0.29) is 22.7 Å². The van der Waals surface area contributed by atoms with Crippen molar-refractivity contribution in [1.82, 2.24) is 0 Å². The minimum absolute atomic E-state index is 0.100. The summed E-state index contributed by atoms with van der Waals surface area (Å²) in [6, 6.07) is 14.0. The predicted octanol–water partition coefficient (Wildman–Crippen LogP) is 6.39. The van der Waals surface area contributed by atoms with Crippen molar-refractivity contribution >= 4 is 5.97 Å². The third kappa shape index (κ3) is 5.37. The van der Waals surface area contributed by atoms with Crippen molar-refractivity contribution < 1.29 is 14.3 Å². The van der Waals surface area contributed by atoms with Crippen molar-refractivity contribution in [2.45, 2.75) is 71.6 Å². The number of carbonyl (C=O) groups excluding carboxylic acids is 1. The molecule has 0 spiro atoms. The molecule has 3 nitrogen and oxygen atoms in total. The standard InChI is InChI=1S/C25H34O3/c1-17(18-12-10-9-11-13-18)14-22(26)28-23-20(24(2,3)4)15-19(27-8)16-21(23)25(5,6)7/h9-13,15-17H,14H2,1-8H3/t17-/m0/s1. The molecule has 0 heterocycles. The lowest BCUT2D eigenvalue weighted by Crippen LogP contribution is -2.22. The Bertz CT molecular complexity index is 773. The Morgan fingerprint density at radius 2 is 1.43 bits per heavy atom. The Morgan fingerprint density at radius 3 is 1.86 bits per heavy atom. The SMILES string of the molecule is COc1cc(C(C)(C)C)c(OC(=O)C[C@H](C)c2ccccc2)c(C(C)(C)C)c1. The number of hydrogen-bond acceptors (Lipinski definition) is 3. The van der Waals surface area contributed by atoms with Gasteiger partial charge in [-0.05, 0) is 34.4 Å². The fourth-order valence-corrected chi connectivity index (χ4v) is 3.25. The third-order valence-corrected chi connectivity index (χ3v) is 4.97. The van der Waals surface area contributed by atoms with Crippen LogP contribution in [0.1, 0.15) is 77.5 Å². The van der Waals surface area contributed by atoms with Gasteiger partial charge in [0.15, 0.2) is 0 Å². The highest BCUT2D eigenvalue weighted by Gasteiger charge is 2.30. The lowest BCUT2D eigenvalue weighted by molar-refractivity contribution is -0.134. The van der Waals surface area contributed by atoms with Crippen molar-refractivity contribution in [1.29, 1.82) is 0 Å². The van der Waals surface area contributed by atoms with Gasteiger partial charge in [-0.3, -0.25) is 4.79 Å². The monoisotopic (exact) mass is 382 g/mol. The summed E-state index contributed by atoms with van der Waals surface area (Å²) in [5.74, 6) is 1.35. The lowest BCUT2D eigenvalue weighted by Gasteiger charge is -2.30. The summed E-state index contributed by atoms with van der Waals surface area (Å²) < 4.78 is 11.6. The first-order valence-corrected chi connectivity index (χ1v) is 9.92. The summed E-state index contributed by atoms with van der Waals surface area (Å²) in [4.78, 5) is 12.9. The number of carbonyl (C=O) groups is 1. The zero-order valence-electron chi connectivity index (χ0n) is 18.6. The fraction of sp³-hybridized carbons (Fsp3) is 0.480. The van der Waals surface area contributed by atoms with Crippen LogP contribution in [-0.4, -0.2) is 13.1 Å². The van der Waals surface area contributed by atoms with E-state index in [4.69, 9.17) is 9.47 Å². The van der Waals surface area contributed by atoms with Crippen molar-refractivity contribution in [3.8, 4) is 11.5 Å². The van der Waals surface area contributed by atoms with E-state index in [0.29, 0.717) is 12.2 Å². The fourth-order valence-electron chi connectivity index (χ4n) is 3.25. The largest absolute Gasteiger partial charge is 0.497 e. The first-order chi connectivity index (χ1) is 12.9. The van der Waals surface area contributed by atoms with Crippen molar-refractivity contribution in [3.63, 3.8) is 0 Å². The van der Waals surface area contributed by atoms with Crippen LogP contribution in [-0.2, 0) is 15.6 Å². The van der Waals surface area contributed by atoms with Crippen molar-refractivity contribution in [2.75, 3.05) is 7.11 Å². The smallest absolute Gasteiger partial charge is 0.311 e. The first-order valence-electron chi connectivity index (χ1n) is 9.92. The molecule has 0 aliphatic carbocycles. The number of esters is 1. The molecule has 1 atom stereocenters. The summed E-state index contributed by atoms with van der Waals surface area (Å²) in [5.41, 5.74) is 2.74. The van der Waals surface area contributed by atoms with Crippen LogP contribution < -0.4 is 9.47 Å². The zero-order valence-corrected chi connectivity index (χ0v) is 18.6. The van der Waals surface area contributed by atoms with Gasteiger partial charge in [-0.2, -0.15) is 0 Å². The van der Waals surface area contributed by atoms with Gasteiger partial charge in [0.2, 0.25) is 0 Å². The first kappa shape index (κ1) is 22.0. The average Bonchev–Trinajstić information content (AvgIpc) is 2.60. The van der Waals surface area contributed by atoms with E-state index < -0.39 is 0 Å². The zero-order chi connectivity index (χ0) is 21.1. The van der Waals surface area contributed by atoms with Gasteiger partial charge in [0.1, 0.15) is 11.5 Å². The topological polar surface area (TPSA) is 35.5 Å². The maximum Gasteiger partial charge on any atom is 0.311 e. The summed E-state index contributed by atoms with van der Waals surface area (Å²) in [7, 11) is 1.67. The maximum atomic E-state index is 12.9. The van der Waals surface area contributed by atoms with Crippen LogP contribution in [0.4, 0.5) is 0 Å². The van der Waals surface area contributed by atoms with E-state index in [9.17, 15) is 4.79 Å². The molecule has 0 aliphatic heterocycles. The number of methoxy groups -OCH3 is 1. The van der Waals surface area contributed by atoms with E-state index >= 15 is 0 Å². The molecule has 0 unspecified atom stereocenters. The van der Waals surface area contributed by atoms with Crippen molar-refractivity contribution in [2.24, 2.45) is 0 Å². The summed E-state index contributed by atoms with van der Waals surface area (Å²) in [5, 5.41) is 0. The lowest BCUT2D eigenvalue weighted by atomic mass is 9.79. The van der Waals surface area contributed by atoms with Crippen LogP contribution in [0.5, 0.6) is 11.5 Å². The average molecular weight is 383 g/mol. The van der Waals surface area contributed by atoms with Gasteiger partial charge in [-0.25, -0.2) is 0 Å². The molecular formula is C25H34O3. The predicted molar refractivity (Wildman–Crippen MR) is 116 cm³/mol. The second kappa shape index (κ2) is 8.38. The molecule has 0 bridgehead atoms. The molecule has 2 aromatic rings. The summed E-state index contributed by atoms with van der Waals surface area (Å²) in [6.07, 6.45) is 0.337. The van der Waals surface area contributed by atoms with Gasteiger partial charge < -0.3 is 9.47 Å². The molecule has 0 aliphatic rings. The Labute approximate surface area is 170 Å². The number of rotatable bonds is 5. The van der Waals surface area contributed by atoms with E-state index in [1.807, 2.05) is 42.5 Å². The van der Waals surface area contributed by atoms with Gasteiger partial charge in [0, 0.05) is 11.1 Å². The van der Waals surface area contributed by atoms with Crippen LogP contribution >= 0.6 is 0 Å². The van der Waals surface area contributed by atoms with Crippen molar-refractivity contribution in [3.05, 3.63) is 59.2 Å². The second-order valence-electron chi connectivity index (χ2n) is 9.54. The molecule has 28 heavy (non-hydrogen) atoms. The maximum absolute atomic E-state index is 12.9. The van der Waals surface area contributed by atoms with Crippen LogP contribution in [0.25, 0.3) is 0 Å². The highest BCUT2D eigenvalue weighted by molar-refractivity contribution is 5.75. The van der Waals surface area contributed by atoms with Crippen LogP contribution in [0.3, 0.4) is 0 Å². The normalized spacial score (nSPS) is 13.1.